The Kier molecular flexibility index (Phi) is 5.39. The summed E-state index contributed by atoms with van der Waals surface area (Å²) in [4.78, 5) is 15.7. The van der Waals surface area contributed by atoms with Crippen LogP contribution in [-0.4, -0.2) is 11.6 Å². The summed E-state index contributed by atoms with van der Waals surface area (Å²) >= 11 is 0. The highest BCUT2D eigenvalue weighted by Crippen LogP contribution is 2.32. The van der Waals surface area contributed by atoms with Crippen LogP contribution in [0.1, 0.15) is 31.5 Å². The molecule has 0 aliphatic rings. The van der Waals surface area contributed by atoms with E-state index >= 15 is 0 Å². The van der Waals surface area contributed by atoms with Gasteiger partial charge in [-0.1, -0.05) is 44.2 Å². The molecule has 25 heavy (non-hydrogen) atoms. The van der Waals surface area contributed by atoms with Crippen LogP contribution in [0.2, 0.25) is 0 Å². The SMILES string of the molecule is CCCOc1cc2c(=O)cc(CC)[nH]c2cc1OCc1ccccc1. The van der Waals surface area contributed by atoms with Gasteiger partial charge in [-0.05, 0) is 24.5 Å². The number of hydrogen-bond donors (Lipinski definition) is 1. The third-order valence-electron chi connectivity index (χ3n) is 4.03. The van der Waals surface area contributed by atoms with E-state index in [2.05, 4.69) is 4.98 Å². The average molecular weight is 337 g/mol. The quantitative estimate of drug-likeness (QED) is 0.692. The van der Waals surface area contributed by atoms with E-state index in [1.54, 1.807) is 12.1 Å². The highest BCUT2D eigenvalue weighted by molar-refractivity contribution is 5.82. The van der Waals surface area contributed by atoms with Gasteiger partial charge in [-0.25, -0.2) is 0 Å². The molecule has 4 heteroatoms. The normalized spacial score (nSPS) is 10.8. The Balaban J connectivity index is 1.99. The van der Waals surface area contributed by atoms with Crippen molar-refractivity contribution in [3.05, 3.63) is 70.0 Å². The molecule has 0 aliphatic carbocycles. The number of benzene rings is 2. The largest absolute Gasteiger partial charge is 0.490 e. The van der Waals surface area contributed by atoms with E-state index in [-0.39, 0.29) is 5.43 Å². The minimum absolute atomic E-state index is 0.00144. The first-order chi connectivity index (χ1) is 12.2. The molecule has 0 atom stereocenters. The number of rotatable bonds is 7. The molecule has 1 N–H and O–H groups in total. The summed E-state index contributed by atoms with van der Waals surface area (Å²) in [7, 11) is 0. The van der Waals surface area contributed by atoms with Crippen molar-refractivity contribution in [2.24, 2.45) is 0 Å². The lowest BCUT2D eigenvalue weighted by molar-refractivity contribution is 0.262. The molecule has 0 spiro atoms. The van der Waals surface area contributed by atoms with Gasteiger partial charge < -0.3 is 14.5 Å². The second-order valence-electron chi connectivity index (χ2n) is 5.98. The Morgan fingerprint density at radius 3 is 2.44 bits per heavy atom. The zero-order valence-corrected chi connectivity index (χ0v) is 14.7. The maximum Gasteiger partial charge on any atom is 0.189 e. The number of aromatic nitrogens is 1. The second-order valence-corrected chi connectivity index (χ2v) is 5.98. The van der Waals surface area contributed by atoms with Crippen LogP contribution in [0.3, 0.4) is 0 Å². The summed E-state index contributed by atoms with van der Waals surface area (Å²) in [6.45, 7) is 5.10. The van der Waals surface area contributed by atoms with Gasteiger partial charge in [0, 0.05) is 23.2 Å². The Bertz CT molecular complexity index is 900. The maximum absolute atomic E-state index is 12.4. The Hall–Kier alpha value is -2.75. The van der Waals surface area contributed by atoms with Crippen LogP contribution in [0.5, 0.6) is 11.5 Å². The number of aryl methyl sites for hydroxylation is 1. The van der Waals surface area contributed by atoms with Crippen LogP contribution in [-0.2, 0) is 13.0 Å². The van der Waals surface area contributed by atoms with E-state index in [1.807, 2.05) is 50.2 Å². The first-order valence-electron chi connectivity index (χ1n) is 8.70. The fourth-order valence-electron chi connectivity index (χ4n) is 2.68. The van der Waals surface area contributed by atoms with Crippen molar-refractivity contribution in [1.82, 2.24) is 4.98 Å². The lowest BCUT2D eigenvalue weighted by Gasteiger charge is -2.14. The summed E-state index contributed by atoms with van der Waals surface area (Å²) in [6.07, 6.45) is 1.67. The summed E-state index contributed by atoms with van der Waals surface area (Å²) in [6, 6.07) is 15.3. The molecule has 3 rings (SSSR count). The van der Waals surface area contributed by atoms with Crippen molar-refractivity contribution < 1.29 is 9.47 Å². The molecule has 4 nitrogen and oxygen atoms in total. The Labute approximate surface area is 147 Å². The van der Waals surface area contributed by atoms with Crippen molar-refractivity contribution in [2.75, 3.05) is 6.61 Å². The van der Waals surface area contributed by atoms with Crippen LogP contribution in [0.15, 0.2) is 53.3 Å². The molecule has 1 aromatic heterocycles. The summed E-state index contributed by atoms with van der Waals surface area (Å²) < 4.78 is 11.8. The number of H-pyrrole nitrogens is 1. The van der Waals surface area contributed by atoms with E-state index in [0.717, 1.165) is 29.6 Å². The lowest BCUT2D eigenvalue weighted by atomic mass is 10.1. The average Bonchev–Trinajstić information content (AvgIpc) is 2.65. The molecule has 2 aromatic carbocycles. The molecule has 1 heterocycles. The molecule has 0 unspecified atom stereocenters. The van der Waals surface area contributed by atoms with Gasteiger partial charge in [-0.2, -0.15) is 0 Å². The third-order valence-corrected chi connectivity index (χ3v) is 4.03. The van der Waals surface area contributed by atoms with Gasteiger partial charge in [0.25, 0.3) is 0 Å². The summed E-state index contributed by atoms with van der Waals surface area (Å²) in [5, 5.41) is 0.621. The lowest BCUT2D eigenvalue weighted by Crippen LogP contribution is -2.07. The molecule has 0 radical (unpaired) electrons. The smallest absolute Gasteiger partial charge is 0.189 e. The van der Waals surface area contributed by atoms with Crippen LogP contribution < -0.4 is 14.9 Å². The number of fused-ring (bicyclic) bond motifs is 1. The molecular weight excluding hydrogens is 314 g/mol. The maximum atomic E-state index is 12.4. The van der Waals surface area contributed by atoms with Crippen molar-refractivity contribution >= 4 is 10.9 Å². The van der Waals surface area contributed by atoms with Gasteiger partial charge in [0.15, 0.2) is 16.9 Å². The zero-order valence-electron chi connectivity index (χ0n) is 14.7. The zero-order chi connectivity index (χ0) is 17.6. The number of hydrogen-bond acceptors (Lipinski definition) is 3. The number of pyridine rings is 1. The molecule has 0 amide bonds. The third kappa shape index (κ3) is 4.02. The van der Waals surface area contributed by atoms with Gasteiger partial charge in [-0.15, -0.1) is 0 Å². The number of nitrogens with one attached hydrogen (secondary N) is 1. The van der Waals surface area contributed by atoms with E-state index in [4.69, 9.17) is 9.47 Å². The summed E-state index contributed by atoms with van der Waals surface area (Å²) in [5.74, 6) is 1.26. The van der Waals surface area contributed by atoms with E-state index in [0.29, 0.717) is 30.1 Å². The standard InChI is InChI=1S/C21H23NO3/c1-3-10-24-20-12-17-18(22-16(4-2)11-19(17)23)13-21(20)25-14-15-8-6-5-7-9-15/h5-9,11-13H,3-4,10,14H2,1-2H3,(H,22,23). The van der Waals surface area contributed by atoms with E-state index in [9.17, 15) is 4.79 Å². The van der Waals surface area contributed by atoms with E-state index in [1.165, 1.54) is 0 Å². The molecule has 0 aliphatic heterocycles. The molecule has 0 fully saturated rings. The minimum Gasteiger partial charge on any atom is -0.490 e. The molecule has 3 aromatic rings. The van der Waals surface area contributed by atoms with Crippen molar-refractivity contribution in [1.29, 1.82) is 0 Å². The van der Waals surface area contributed by atoms with Crippen molar-refractivity contribution in [2.45, 2.75) is 33.3 Å². The van der Waals surface area contributed by atoms with Gasteiger partial charge in [0.2, 0.25) is 0 Å². The fraction of sp³-hybridized carbons (Fsp3) is 0.286. The Morgan fingerprint density at radius 1 is 0.960 bits per heavy atom. The highest BCUT2D eigenvalue weighted by Gasteiger charge is 2.11. The van der Waals surface area contributed by atoms with Crippen molar-refractivity contribution in [3.63, 3.8) is 0 Å². The first kappa shape index (κ1) is 17.1. The molecule has 0 bridgehead atoms. The van der Waals surface area contributed by atoms with Gasteiger partial charge in [-0.3, -0.25) is 4.79 Å². The minimum atomic E-state index is 0.00144. The number of aromatic amines is 1. The predicted octanol–water partition coefficient (Wildman–Crippen LogP) is 4.46. The fourth-order valence-corrected chi connectivity index (χ4v) is 2.68. The molecule has 130 valence electrons. The highest BCUT2D eigenvalue weighted by atomic mass is 16.5. The Morgan fingerprint density at radius 2 is 1.72 bits per heavy atom. The first-order valence-corrected chi connectivity index (χ1v) is 8.70. The van der Waals surface area contributed by atoms with Crippen LogP contribution in [0.25, 0.3) is 10.9 Å². The summed E-state index contributed by atoms with van der Waals surface area (Å²) in [5.41, 5.74) is 2.77. The molecule has 0 saturated carbocycles. The number of ether oxygens (including phenoxy) is 2. The van der Waals surface area contributed by atoms with Gasteiger partial charge in [0.05, 0.1) is 12.1 Å². The predicted molar refractivity (Wildman–Crippen MR) is 101 cm³/mol. The van der Waals surface area contributed by atoms with Crippen molar-refractivity contribution in [3.8, 4) is 11.5 Å². The molecular formula is C21H23NO3. The monoisotopic (exact) mass is 337 g/mol. The molecule has 0 saturated heterocycles. The van der Waals surface area contributed by atoms with Gasteiger partial charge in [0.1, 0.15) is 6.61 Å². The topological polar surface area (TPSA) is 51.3 Å². The van der Waals surface area contributed by atoms with Crippen LogP contribution in [0, 0.1) is 0 Å². The van der Waals surface area contributed by atoms with Crippen LogP contribution >= 0.6 is 0 Å². The van der Waals surface area contributed by atoms with Crippen LogP contribution in [0.4, 0.5) is 0 Å². The van der Waals surface area contributed by atoms with E-state index < -0.39 is 0 Å². The van der Waals surface area contributed by atoms with Gasteiger partial charge >= 0.3 is 0 Å². The second kappa shape index (κ2) is 7.88.